The molecule has 1 saturated heterocycles. The molecule has 0 aliphatic carbocycles. The third kappa shape index (κ3) is 1.78. The molecule has 16 heavy (non-hydrogen) atoms. The summed E-state index contributed by atoms with van der Waals surface area (Å²) >= 11 is 0. The lowest BCUT2D eigenvalue weighted by atomic mass is 9.91. The summed E-state index contributed by atoms with van der Waals surface area (Å²) in [5.74, 6) is -1.02. The monoisotopic (exact) mass is 224 g/mol. The molecule has 1 aliphatic heterocycles. The zero-order chi connectivity index (χ0) is 11.8. The number of carbonyl (C=O) groups is 1. The predicted octanol–water partition coefficient (Wildman–Crippen LogP) is 0.818. The largest absolute Gasteiger partial charge is 0.386 e. The second-order valence-electron chi connectivity index (χ2n) is 4.09. The maximum atomic E-state index is 13.3. The second-order valence-corrected chi connectivity index (χ2v) is 4.09. The molecular weight excluding hydrogens is 211 g/mol. The summed E-state index contributed by atoms with van der Waals surface area (Å²) in [6.07, 6.45) is 2.98. The normalized spacial score (nSPS) is 18.1. The minimum atomic E-state index is -0.792. The van der Waals surface area contributed by atoms with Crippen LogP contribution in [-0.2, 0) is 0 Å². The van der Waals surface area contributed by atoms with E-state index in [1.54, 1.807) is 0 Å². The Balaban J connectivity index is 2.09. The van der Waals surface area contributed by atoms with Crippen LogP contribution in [0.15, 0.2) is 18.5 Å². The van der Waals surface area contributed by atoms with Crippen LogP contribution in [0.4, 0.5) is 4.39 Å². The molecule has 1 amide bonds. The van der Waals surface area contributed by atoms with Crippen LogP contribution in [0.3, 0.4) is 0 Å². The quantitative estimate of drug-likeness (QED) is 0.809. The van der Waals surface area contributed by atoms with Gasteiger partial charge in [0.25, 0.3) is 5.91 Å². The predicted molar refractivity (Wildman–Crippen MR) is 55.3 cm³/mol. The number of hydrogen-bond acceptors (Lipinski definition) is 3. The van der Waals surface area contributed by atoms with E-state index in [0.29, 0.717) is 6.42 Å². The van der Waals surface area contributed by atoms with Crippen LogP contribution in [0.25, 0.3) is 0 Å². The smallest absolute Gasteiger partial charge is 0.257 e. The lowest BCUT2D eigenvalue weighted by molar-refractivity contribution is -0.0827. The van der Waals surface area contributed by atoms with E-state index in [0.717, 1.165) is 6.20 Å². The van der Waals surface area contributed by atoms with Crippen molar-refractivity contribution < 1.29 is 14.3 Å². The summed E-state index contributed by atoms with van der Waals surface area (Å²) in [6, 6.07) is 1.35. The highest BCUT2D eigenvalue weighted by Gasteiger charge is 2.42. The molecule has 0 aromatic carbocycles. The standard InChI is InChI=1S/C11H13FN2O2/c1-2-11(16)6-14(7-11)10(15)8-3-4-13-5-9(8)12/h3-5,16H,2,6-7H2,1H3. The van der Waals surface area contributed by atoms with Gasteiger partial charge in [-0.3, -0.25) is 9.78 Å². The van der Waals surface area contributed by atoms with Crippen LogP contribution in [0.2, 0.25) is 0 Å². The van der Waals surface area contributed by atoms with Gasteiger partial charge in [0.2, 0.25) is 0 Å². The number of likely N-dealkylation sites (tertiary alicyclic amines) is 1. The molecule has 2 heterocycles. The lowest BCUT2D eigenvalue weighted by Gasteiger charge is -2.46. The Kier molecular flexibility index (Phi) is 2.63. The number of rotatable bonds is 2. The van der Waals surface area contributed by atoms with Crippen molar-refractivity contribution in [2.75, 3.05) is 13.1 Å². The van der Waals surface area contributed by atoms with Gasteiger partial charge < -0.3 is 10.0 Å². The molecule has 4 nitrogen and oxygen atoms in total. The minimum Gasteiger partial charge on any atom is -0.386 e. The molecule has 0 unspecified atom stereocenters. The number of β-amino-alcohol motifs (C(OH)–C–C–N with tert-alkyl or cyclic N) is 1. The third-order valence-electron chi connectivity index (χ3n) is 2.92. The fraction of sp³-hybridized carbons (Fsp3) is 0.455. The molecule has 0 spiro atoms. The van der Waals surface area contributed by atoms with E-state index in [-0.39, 0.29) is 18.7 Å². The molecule has 5 heteroatoms. The molecule has 1 aromatic rings. The van der Waals surface area contributed by atoms with E-state index in [1.807, 2.05) is 6.92 Å². The molecule has 1 fully saturated rings. The van der Waals surface area contributed by atoms with E-state index in [2.05, 4.69) is 4.98 Å². The highest BCUT2D eigenvalue weighted by Crippen LogP contribution is 2.26. The Morgan fingerprint density at radius 2 is 2.38 bits per heavy atom. The summed E-state index contributed by atoms with van der Waals surface area (Å²) in [5, 5.41) is 9.75. The zero-order valence-corrected chi connectivity index (χ0v) is 8.98. The fourth-order valence-corrected chi connectivity index (χ4v) is 1.75. The Morgan fingerprint density at radius 3 is 2.94 bits per heavy atom. The molecule has 86 valence electrons. The van der Waals surface area contributed by atoms with Gasteiger partial charge in [0.05, 0.1) is 30.5 Å². The molecule has 1 N–H and O–H groups in total. The molecule has 1 aromatic heterocycles. The van der Waals surface area contributed by atoms with E-state index in [9.17, 15) is 14.3 Å². The number of aromatic nitrogens is 1. The summed E-state index contributed by atoms with van der Waals surface area (Å²) in [7, 11) is 0. The van der Waals surface area contributed by atoms with Crippen LogP contribution >= 0.6 is 0 Å². The number of hydrogen-bond donors (Lipinski definition) is 1. The molecule has 0 atom stereocenters. The number of pyridine rings is 1. The molecule has 0 saturated carbocycles. The van der Waals surface area contributed by atoms with E-state index < -0.39 is 17.3 Å². The van der Waals surface area contributed by atoms with Crippen molar-refractivity contribution in [2.24, 2.45) is 0 Å². The van der Waals surface area contributed by atoms with Gasteiger partial charge in [0, 0.05) is 6.20 Å². The zero-order valence-electron chi connectivity index (χ0n) is 8.98. The van der Waals surface area contributed by atoms with Gasteiger partial charge in [-0.15, -0.1) is 0 Å². The maximum absolute atomic E-state index is 13.3. The van der Waals surface area contributed by atoms with Crippen LogP contribution in [0, 0.1) is 5.82 Å². The van der Waals surface area contributed by atoms with Crippen molar-refractivity contribution in [1.29, 1.82) is 0 Å². The molecular formula is C11H13FN2O2. The molecule has 2 rings (SSSR count). The van der Waals surface area contributed by atoms with Gasteiger partial charge in [-0.25, -0.2) is 4.39 Å². The average molecular weight is 224 g/mol. The highest BCUT2D eigenvalue weighted by atomic mass is 19.1. The van der Waals surface area contributed by atoms with Gasteiger partial charge >= 0.3 is 0 Å². The van der Waals surface area contributed by atoms with Crippen LogP contribution in [0.1, 0.15) is 23.7 Å². The van der Waals surface area contributed by atoms with Gasteiger partial charge in [-0.05, 0) is 12.5 Å². The van der Waals surface area contributed by atoms with Gasteiger partial charge in [-0.2, -0.15) is 0 Å². The number of aliphatic hydroxyl groups is 1. The minimum absolute atomic E-state index is 0.00755. The molecule has 0 bridgehead atoms. The first-order valence-electron chi connectivity index (χ1n) is 5.17. The SMILES string of the molecule is CCC1(O)CN(C(=O)c2ccncc2F)C1. The summed E-state index contributed by atoms with van der Waals surface area (Å²) in [6.45, 7) is 2.39. The van der Waals surface area contributed by atoms with Crippen LogP contribution in [-0.4, -0.2) is 39.6 Å². The maximum Gasteiger partial charge on any atom is 0.257 e. The van der Waals surface area contributed by atoms with Crippen molar-refractivity contribution in [3.8, 4) is 0 Å². The van der Waals surface area contributed by atoms with Crippen molar-refractivity contribution in [2.45, 2.75) is 18.9 Å². The highest BCUT2D eigenvalue weighted by molar-refractivity contribution is 5.95. The Bertz CT molecular complexity index is 416. The Labute approximate surface area is 92.7 Å². The van der Waals surface area contributed by atoms with E-state index >= 15 is 0 Å². The third-order valence-corrected chi connectivity index (χ3v) is 2.92. The first-order chi connectivity index (χ1) is 7.56. The summed E-state index contributed by atoms with van der Waals surface area (Å²) in [5.41, 5.74) is -0.785. The first-order valence-corrected chi connectivity index (χ1v) is 5.17. The number of halogens is 1. The molecule has 1 aliphatic rings. The molecule has 0 radical (unpaired) electrons. The van der Waals surface area contributed by atoms with Gasteiger partial charge in [0.1, 0.15) is 0 Å². The Hall–Kier alpha value is -1.49. The van der Waals surface area contributed by atoms with Gasteiger partial charge in [0.15, 0.2) is 5.82 Å². The van der Waals surface area contributed by atoms with E-state index in [4.69, 9.17) is 0 Å². The van der Waals surface area contributed by atoms with Crippen molar-refractivity contribution in [1.82, 2.24) is 9.88 Å². The van der Waals surface area contributed by atoms with E-state index in [1.165, 1.54) is 17.2 Å². The van der Waals surface area contributed by atoms with Gasteiger partial charge in [-0.1, -0.05) is 6.92 Å². The van der Waals surface area contributed by atoms with Crippen molar-refractivity contribution in [3.63, 3.8) is 0 Å². The van der Waals surface area contributed by atoms with Crippen molar-refractivity contribution >= 4 is 5.91 Å². The summed E-state index contributed by atoms with van der Waals surface area (Å²) < 4.78 is 13.3. The lowest BCUT2D eigenvalue weighted by Crippen LogP contribution is -2.63. The van der Waals surface area contributed by atoms with Crippen molar-refractivity contribution in [3.05, 3.63) is 29.8 Å². The number of amides is 1. The first kappa shape index (κ1) is 11.0. The second kappa shape index (κ2) is 3.83. The van der Waals surface area contributed by atoms with Crippen LogP contribution in [0.5, 0.6) is 0 Å². The number of carbonyl (C=O) groups excluding carboxylic acids is 1. The fourth-order valence-electron chi connectivity index (χ4n) is 1.75. The van der Waals surface area contributed by atoms with Crippen LogP contribution < -0.4 is 0 Å². The average Bonchev–Trinajstić information content (AvgIpc) is 2.24. The Morgan fingerprint density at radius 1 is 1.69 bits per heavy atom. The topological polar surface area (TPSA) is 53.4 Å². The summed E-state index contributed by atoms with van der Waals surface area (Å²) in [4.78, 5) is 16.8. The number of nitrogens with zero attached hydrogens (tertiary/aromatic N) is 2.